The summed E-state index contributed by atoms with van der Waals surface area (Å²) in [6.07, 6.45) is 1.36. The van der Waals surface area contributed by atoms with Crippen LogP contribution in [-0.4, -0.2) is 34.9 Å². The van der Waals surface area contributed by atoms with Crippen molar-refractivity contribution in [3.05, 3.63) is 65.5 Å². The molecule has 4 aromatic rings. The van der Waals surface area contributed by atoms with Crippen molar-refractivity contribution in [2.75, 3.05) is 7.11 Å². The van der Waals surface area contributed by atoms with Gasteiger partial charge in [0, 0.05) is 29.0 Å². The highest BCUT2D eigenvalue weighted by atomic mass is 16.5. The Hall–Kier alpha value is -3.71. The lowest BCUT2D eigenvalue weighted by molar-refractivity contribution is 0.0366. The van der Waals surface area contributed by atoms with Crippen LogP contribution >= 0.6 is 0 Å². The van der Waals surface area contributed by atoms with E-state index in [2.05, 4.69) is 9.97 Å². The fourth-order valence-electron chi connectivity index (χ4n) is 3.71. The van der Waals surface area contributed by atoms with Crippen LogP contribution in [-0.2, 0) is 16.1 Å². The van der Waals surface area contributed by atoms with Gasteiger partial charge in [0.2, 0.25) is 0 Å². The van der Waals surface area contributed by atoms with Crippen molar-refractivity contribution in [2.45, 2.75) is 33.5 Å². The van der Waals surface area contributed by atoms with Gasteiger partial charge in [-0.1, -0.05) is 12.1 Å². The molecule has 0 saturated heterocycles. The first-order valence-corrected chi connectivity index (χ1v) is 10.3. The summed E-state index contributed by atoms with van der Waals surface area (Å²) in [5, 5.41) is 1.67. The van der Waals surface area contributed by atoms with Crippen molar-refractivity contribution >= 4 is 33.6 Å². The highest BCUT2D eigenvalue weighted by Gasteiger charge is 2.21. The lowest BCUT2D eigenvalue weighted by Crippen LogP contribution is -2.15. The van der Waals surface area contributed by atoms with Crippen LogP contribution in [0.25, 0.3) is 21.8 Å². The van der Waals surface area contributed by atoms with E-state index in [0.717, 1.165) is 21.8 Å². The Labute approximate surface area is 185 Å². The summed E-state index contributed by atoms with van der Waals surface area (Å²) in [6.45, 7) is 5.28. The first-order chi connectivity index (χ1) is 15.4. The van der Waals surface area contributed by atoms with Crippen molar-refractivity contribution in [2.24, 2.45) is 0 Å². The van der Waals surface area contributed by atoms with Crippen molar-refractivity contribution in [1.29, 1.82) is 0 Å². The molecule has 164 valence electrons. The number of rotatable bonds is 7. The first-order valence-electron chi connectivity index (χ1n) is 10.3. The van der Waals surface area contributed by atoms with Gasteiger partial charge in [-0.2, -0.15) is 0 Å². The van der Waals surface area contributed by atoms with Crippen LogP contribution in [0.1, 0.15) is 47.2 Å². The van der Waals surface area contributed by atoms with E-state index in [-0.39, 0.29) is 24.2 Å². The number of fused-ring (bicyclic) bond motifs is 3. The summed E-state index contributed by atoms with van der Waals surface area (Å²) < 4.78 is 16.8. The first kappa shape index (κ1) is 21.5. The molecule has 0 atom stereocenters. The molecule has 0 aliphatic carbocycles. The molecule has 0 aliphatic heterocycles. The molecule has 0 spiro atoms. The number of benzene rings is 2. The number of Topliss-reactive ketones (excluding diaryl/α,β-unsaturated/α-hetero) is 1. The molecule has 0 unspecified atom stereocenters. The minimum atomic E-state index is -0.494. The standard InChI is InChI=1S/C25H24N2O5/c1-14(2)31-25(29)24-19(13-30-4)23-18-11-16(9-10-20(18)27-21(23)12-26-24)32-22-8-6-5-7-17(22)15(3)28/h5-12,14,27H,13H2,1-4H3. The monoisotopic (exact) mass is 432 g/mol. The molecule has 32 heavy (non-hydrogen) atoms. The zero-order valence-electron chi connectivity index (χ0n) is 18.4. The number of H-pyrrole nitrogens is 1. The van der Waals surface area contributed by atoms with Crippen LogP contribution in [0.5, 0.6) is 11.5 Å². The zero-order valence-corrected chi connectivity index (χ0v) is 18.4. The third kappa shape index (κ3) is 4.07. The molecular weight excluding hydrogens is 408 g/mol. The number of methoxy groups -OCH3 is 1. The van der Waals surface area contributed by atoms with E-state index in [0.29, 0.717) is 22.6 Å². The number of carbonyl (C=O) groups excluding carboxylic acids is 2. The molecule has 1 N–H and O–H groups in total. The quantitative estimate of drug-likeness (QED) is 0.310. The van der Waals surface area contributed by atoms with Crippen LogP contribution in [0.4, 0.5) is 0 Å². The molecule has 0 fully saturated rings. The number of ketones is 1. The van der Waals surface area contributed by atoms with Gasteiger partial charge in [0.1, 0.15) is 11.5 Å². The fourth-order valence-corrected chi connectivity index (χ4v) is 3.71. The number of carbonyl (C=O) groups is 2. The van der Waals surface area contributed by atoms with E-state index in [4.69, 9.17) is 14.2 Å². The summed E-state index contributed by atoms with van der Waals surface area (Å²) in [5.74, 6) is 0.486. The molecule has 7 nitrogen and oxygen atoms in total. The van der Waals surface area contributed by atoms with Crippen molar-refractivity contribution < 1.29 is 23.8 Å². The largest absolute Gasteiger partial charge is 0.458 e. The molecular formula is C25H24N2O5. The van der Waals surface area contributed by atoms with E-state index in [1.165, 1.54) is 6.92 Å². The van der Waals surface area contributed by atoms with E-state index < -0.39 is 5.97 Å². The fraction of sp³-hybridized carbons (Fsp3) is 0.240. The summed E-state index contributed by atoms with van der Waals surface area (Å²) in [6, 6.07) is 12.7. The van der Waals surface area contributed by atoms with Gasteiger partial charge in [0.25, 0.3) is 0 Å². The SMILES string of the molecule is COCc1c(C(=O)OC(C)C)ncc2[nH]c3ccc(Oc4ccccc4C(C)=O)cc3c12. The van der Waals surface area contributed by atoms with Crippen molar-refractivity contribution in [1.82, 2.24) is 9.97 Å². The number of aromatic nitrogens is 2. The second kappa shape index (κ2) is 8.80. The Morgan fingerprint density at radius 2 is 1.88 bits per heavy atom. The average Bonchev–Trinajstić information content (AvgIpc) is 3.12. The second-order valence-corrected chi connectivity index (χ2v) is 7.75. The molecule has 2 aromatic carbocycles. The van der Waals surface area contributed by atoms with Crippen LogP contribution in [0.15, 0.2) is 48.7 Å². The van der Waals surface area contributed by atoms with Gasteiger partial charge in [0.15, 0.2) is 11.5 Å². The topological polar surface area (TPSA) is 90.5 Å². The number of ether oxygens (including phenoxy) is 3. The van der Waals surface area contributed by atoms with Crippen LogP contribution in [0.2, 0.25) is 0 Å². The smallest absolute Gasteiger partial charge is 0.357 e. The maximum Gasteiger partial charge on any atom is 0.357 e. The number of hydrogen-bond donors (Lipinski definition) is 1. The molecule has 0 saturated carbocycles. The van der Waals surface area contributed by atoms with Gasteiger partial charge < -0.3 is 19.2 Å². The third-order valence-corrected chi connectivity index (χ3v) is 5.03. The van der Waals surface area contributed by atoms with E-state index in [1.54, 1.807) is 45.4 Å². The molecule has 0 radical (unpaired) electrons. The number of nitrogens with one attached hydrogen (secondary N) is 1. The van der Waals surface area contributed by atoms with E-state index in [1.807, 2.05) is 24.3 Å². The Morgan fingerprint density at radius 1 is 1.09 bits per heavy atom. The molecule has 2 heterocycles. The molecule has 4 rings (SSSR count). The molecule has 0 bridgehead atoms. The van der Waals surface area contributed by atoms with Gasteiger partial charge in [-0.3, -0.25) is 4.79 Å². The van der Waals surface area contributed by atoms with Crippen LogP contribution in [0, 0.1) is 0 Å². The Kier molecular flexibility index (Phi) is 5.92. The van der Waals surface area contributed by atoms with E-state index >= 15 is 0 Å². The van der Waals surface area contributed by atoms with E-state index in [9.17, 15) is 9.59 Å². The number of esters is 1. The van der Waals surface area contributed by atoms with Crippen LogP contribution in [0.3, 0.4) is 0 Å². The summed E-state index contributed by atoms with van der Waals surface area (Å²) in [4.78, 5) is 32.3. The number of nitrogens with zero attached hydrogens (tertiary/aromatic N) is 1. The Balaban J connectivity index is 1.86. The molecule has 7 heteroatoms. The maximum atomic E-state index is 12.7. The van der Waals surface area contributed by atoms with Gasteiger partial charge in [-0.15, -0.1) is 0 Å². The zero-order chi connectivity index (χ0) is 22.8. The summed E-state index contributed by atoms with van der Waals surface area (Å²) >= 11 is 0. The van der Waals surface area contributed by atoms with Gasteiger partial charge in [-0.25, -0.2) is 9.78 Å². The number of hydrogen-bond acceptors (Lipinski definition) is 6. The Morgan fingerprint density at radius 3 is 2.59 bits per heavy atom. The normalized spacial score (nSPS) is 11.3. The number of pyridine rings is 1. The number of aromatic amines is 1. The average molecular weight is 432 g/mol. The highest BCUT2D eigenvalue weighted by Crippen LogP contribution is 2.34. The second-order valence-electron chi connectivity index (χ2n) is 7.75. The predicted octanol–water partition coefficient (Wildman–Crippen LogP) is 5.42. The molecule has 2 aromatic heterocycles. The van der Waals surface area contributed by atoms with Crippen LogP contribution < -0.4 is 4.74 Å². The van der Waals surface area contributed by atoms with Gasteiger partial charge in [0.05, 0.1) is 30.0 Å². The maximum absolute atomic E-state index is 12.7. The molecule has 0 aliphatic rings. The lowest BCUT2D eigenvalue weighted by atomic mass is 10.1. The predicted molar refractivity (Wildman–Crippen MR) is 121 cm³/mol. The van der Waals surface area contributed by atoms with Crippen molar-refractivity contribution in [3.63, 3.8) is 0 Å². The van der Waals surface area contributed by atoms with Crippen molar-refractivity contribution in [3.8, 4) is 11.5 Å². The van der Waals surface area contributed by atoms with Gasteiger partial charge in [-0.05, 0) is 51.1 Å². The highest BCUT2D eigenvalue weighted by molar-refractivity contribution is 6.11. The molecule has 0 amide bonds. The Bertz CT molecular complexity index is 1320. The third-order valence-electron chi connectivity index (χ3n) is 5.03. The van der Waals surface area contributed by atoms with Gasteiger partial charge >= 0.3 is 5.97 Å². The summed E-state index contributed by atoms with van der Waals surface area (Å²) in [5.41, 5.74) is 3.01. The minimum Gasteiger partial charge on any atom is -0.458 e. The lowest BCUT2D eigenvalue weighted by Gasteiger charge is -2.12. The number of para-hydroxylation sites is 1. The minimum absolute atomic E-state index is 0.0736. The summed E-state index contributed by atoms with van der Waals surface area (Å²) in [7, 11) is 1.57.